The van der Waals surface area contributed by atoms with E-state index in [4.69, 9.17) is 0 Å². The minimum Gasteiger partial charge on any atom is -0.478 e. The first kappa shape index (κ1) is 20.8. The lowest BCUT2D eigenvalue weighted by atomic mass is 9.62. The largest absolute Gasteiger partial charge is 0.478 e. The van der Waals surface area contributed by atoms with Gasteiger partial charge < -0.3 is 10.2 Å². The van der Waals surface area contributed by atoms with Gasteiger partial charge in [0.15, 0.2) is 0 Å². The number of hydrogen-bond acceptors (Lipinski definition) is 2. The highest BCUT2D eigenvalue weighted by Crippen LogP contribution is 2.47. The minimum atomic E-state index is -1.16. The van der Waals surface area contributed by atoms with Crippen molar-refractivity contribution >= 4 is 17.5 Å². The Kier molecular flexibility index (Phi) is 4.94. The molecule has 0 saturated heterocycles. The van der Waals surface area contributed by atoms with Crippen molar-refractivity contribution in [1.82, 2.24) is 0 Å². The predicted octanol–water partition coefficient (Wildman–Crippen LogP) is 5.80. The fourth-order valence-electron chi connectivity index (χ4n) is 4.25. The van der Waals surface area contributed by atoms with E-state index in [-0.39, 0.29) is 22.0 Å². The second kappa shape index (κ2) is 6.87. The summed E-state index contributed by atoms with van der Waals surface area (Å²) in [5, 5.41) is 18.8. The number of aryl methyl sites for hydroxylation is 1. The van der Waals surface area contributed by atoms with E-state index in [9.17, 15) is 19.8 Å². The fraction of sp³-hybridized carbons (Fsp3) is 0.360. The zero-order valence-electron chi connectivity index (χ0n) is 17.7. The van der Waals surface area contributed by atoms with E-state index in [1.54, 1.807) is 0 Å². The van der Waals surface area contributed by atoms with Gasteiger partial charge in [-0.3, -0.25) is 0 Å². The summed E-state index contributed by atoms with van der Waals surface area (Å²) in [5.74, 6) is -2.32. The van der Waals surface area contributed by atoms with Gasteiger partial charge in [0, 0.05) is 0 Å². The molecule has 2 N–H and O–H groups in total. The molecule has 4 heteroatoms. The summed E-state index contributed by atoms with van der Waals surface area (Å²) >= 11 is 0. The highest BCUT2D eigenvalue weighted by molar-refractivity contribution is 5.96. The van der Waals surface area contributed by atoms with Crippen LogP contribution in [0, 0.1) is 6.92 Å². The summed E-state index contributed by atoms with van der Waals surface area (Å²) in [7, 11) is 0. The van der Waals surface area contributed by atoms with Gasteiger partial charge in [-0.25, -0.2) is 9.59 Å². The van der Waals surface area contributed by atoms with Crippen LogP contribution < -0.4 is 0 Å². The first-order valence-electron chi connectivity index (χ1n) is 9.80. The number of carboxylic acids is 2. The van der Waals surface area contributed by atoms with Gasteiger partial charge in [-0.15, -0.1) is 0 Å². The molecule has 0 bridgehead atoms. The highest BCUT2D eigenvalue weighted by Gasteiger charge is 2.37. The van der Waals surface area contributed by atoms with Crippen LogP contribution in [0.1, 0.15) is 89.1 Å². The Bertz CT molecular complexity index is 1010. The van der Waals surface area contributed by atoms with Crippen LogP contribution in [0.3, 0.4) is 0 Å². The number of rotatable bonds is 4. The van der Waals surface area contributed by atoms with Crippen molar-refractivity contribution in [2.75, 3.05) is 0 Å². The lowest BCUT2D eigenvalue weighted by molar-refractivity contribution is 0.0696. The Labute approximate surface area is 171 Å². The molecule has 0 amide bonds. The monoisotopic (exact) mass is 392 g/mol. The third kappa shape index (κ3) is 3.71. The van der Waals surface area contributed by atoms with E-state index >= 15 is 0 Å². The molecular weight excluding hydrogens is 364 g/mol. The van der Waals surface area contributed by atoms with Crippen LogP contribution >= 0.6 is 0 Å². The number of hydrogen-bond donors (Lipinski definition) is 2. The number of carbonyl (C=O) groups is 2. The van der Waals surface area contributed by atoms with Crippen molar-refractivity contribution < 1.29 is 19.8 Å². The fourth-order valence-corrected chi connectivity index (χ4v) is 4.25. The van der Waals surface area contributed by atoms with Crippen LogP contribution in [-0.4, -0.2) is 22.2 Å². The zero-order chi connectivity index (χ0) is 21.7. The second-order valence-corrected chi connectivity index (χ2v) is 9.37. The number of carboxylic acid groups (broad SMARTS) is 2. The number of fused-ring (bicyclic) bond motifs is 1. The van der Waals surface area contributed by atoms with E-state index in [1.807, 2.05) is 6.92 Å². The van der Waals surface area contributed by atoms with Gasteiger partial charge in [0.2, 0.25) is 0 Å². The van der Waals surface area contributed by atoms with Crippen LogP contribution in [0.4, 0.5) is 0 Å². The molecule has 4 nitrogen and oxygen atoms in total. The standard InChI is InChI=1S/C25H28O4/c1-14-9-20-21(25(5,6)8-7-24(20,3)4)13-19(14)15(2)16-10-17(22(26)27)12-18(11-16)23(28)29/h9-13H,2,7-8H2,1,3-6H3,(H,26,27)(H,28,29). The van der Waals surface area contributed by atoms with Crippen LogP contribution in [-0.2, 0) is 10.8 Å². The molecule has 0 aliphatic heterocycles. The van der Waals surface area contributed by atoms with Crippen LogP contribution in [0.5, 0.6) is 0 Å². The average Bonchev–Trinajstić information content (AvgIpc) is 2.64. The Hall–Kier alpha value is -2.88. The molecule has 2 aromatic rings. The van der Waals surface area contributed by atoms with Gasteiger partial charge in [-0.2, -0.15) is 0 Å². The lowest BCUT2D eigenvalue weighted by Gasteiger charge is -2.42. The molecule has 152 valence electrons. The zero-order valence-corrected chi connectivity index (χ0v) is 17.7. The van der Waals surface area contributed by atoms with Crippen LogP contribution in [0.15, 0.2) is 36.9 Å². The van der Waals surface area contributed by atoms with Gasteiger partial charge in [-0.05, 0) is 82.2 Å². The average molecular weight is 392 g/mol. The Balaban J connectivity index is 2.19. The maximum atomic E-state index is 11.5. The van der Waals surface area contributed by atoms with Crippen LogP contribution in [0.25, 0.3) is 5.57 Å². The van der Waals surface area contributed by atoms with Gasteiger partial charge in [0.05, 0.1) is 11.1 Å². The Morgan fingerprint density at radius 3 is 1.66 bits per heavy atom. The highest BCUT2D eigenvalue weighted by atomic mass is 16.4. The Morgan fingerprint density at radius 1 is 0.793 bits per heavy atom. The topological polar surface area (TPSA) is 74.6 Å². The van der Waals surface area contributed by atoms with E-state index in [0.717, 1.165) is 24.0 Å². The molecule has 29 heavy (non-hydrogen) atoms. The maximum absolute atomic E-state index is 11.5. The summed E-state index contributed by atoms with van der Waals surface area (Å²) < 4.78 is 0. The Morgan fingerprint density at radius 2 is 1.21 bits per heavy atom. The van der Waals surface area contributed by atoms with Gasteiger partial charge in [0.1, 0.15) is 0 Å². The van der Waals surface area contributed by atoms with E-state index in [1.165, 1.54) is 29.3 Å². The van der Waals surface area contributed by atoms with E-state index in [0.29, 0.717) is 11.1 Å². The summed E-state index contributed by atoms with van der Waals surface area (Å²) in [4.78, 5) is 23.0. The molecular formula is C25H28O4. The van der Waals surface area contributed by atoms with Gasteiger partial charge in [0.25, 0.3) is 0 Å². The molecule has 1 aliphatic rings. The van der Waals surface area contributed by atoms with Crippen molar-refractivity contribution in [2.24, 2.45) is 0 Å². The maximum Gasteiger partial charge on any atom is 0.335 e. The quantitative estimate of drug-likeness (QED) is 0.689. The van der Waals surface area contributed by atoms with E-state index in [2.05, 4.69) is 46.4 Å². The predicted molar refractivity (Wildman–Crippen MR) is 115 cm³/mol. The molecule has 0 aromatic heterocycles. The molecule has 0 fully saturated rings. The molecule has 0 unspecified atom stereocenters. The lowest BCUT2D eigenvalue weighted by Crippen LogP contribution is -2.34. The minimum absolute atomic E-state index is 0.0305. The smallest absolute Gasteiger partial charge is 0.335 e. The van der Waals surface area contributed by atoms with Gasteiger partial charge in [-0.1, -0.05) is 46.4 Å². The molecule has 0 heterocycles. The molecule has 0 radical (unpaired) electrons. The molecule has 0 spiro atoms. The SMILES string of the molecule is C=C(c1cc(C(=O)O)cc(C(=O)O)c1)c1cc2c(cc1C)C(C)(C)CCC2(C)C. The summed E-state index contributed by atoms with van der Waals surface area (Å²) in [6.45, 7) is 15.3. The normalized spacial score (nSPS) is 16.7. The van der Waals surface area contributed by atoms with Gasteiger partial charge >= 0.3 is 11.9 Å². The molecule has 0 atom stereocenters. The summed E-state index contributed by atoms with van der Waals surface area (Å²) in [5.41, 5.74) is 5.75. The summed E-state index contributed by atoms with van der Waals surface area (Å²) in [6.07, 6.45) is 2.20. The molecule has 3 rings (SSSR count). The first-order valence-corrected chi connectivity index (χ1v) is 9.80. The van der Waals surface area contributed by atoms with Crippen molar-refractivity contribution in [2.45, 2.75) is 58.3 Å². The van der Waals surface area contributed by atoms with Crippen molar-refractivity contribution in [1.29, 1.82) is 0 Å². The molecule has 1 aliphatic carbocycles. The van der Waals surface area contributed by atoms with Crippen molar-refractivity contribution in [3.63, 3.8) is 0 Å². The number of benzene rings is 2. The van der Waals surface area contributed by atoms with Crippen molar-refractivity contribution in [3.05, 3.63) is 75.9 Å². The van der Waals surface area contributed by atoms with Crippen molar-refractivity contribution in [3.8, 4) is 0 Å². The first-order chi connectivity index (χ1) is 13.3. The molecule has 2 aromatic carbocycles. The van der Waals surface area contributed by atoms with E-state index < -0.39 is 11.9 Å². The third-order valence-corrected chi connectivity index (χ3v) is 6.30. The molecule has 0 saturated carbocycles. The van der Waals surface area contributed by atoms with Crippen LogP contribution in [0.2, 0.25) is 0 Å². The number of aromatic carboxylic acids is 2. The summed E-state index contributed by atoms with van der Waals surface area (Å²) in [6, 6.07) is 8.54. The second-order valence-electron chi connectivity index (χ2n) is 9.37. The third-order valence-electron chi connectivity index (χ3n) is 6.30.